The number of aliphatic hydroxyl groups excluding tert-OH is 1. The molecule has 0 radical (unpaired) electrons. The first-order valence-electron chi connectivity index (χ1n) is 8.47. The van der Waals surface area contributed by atoms with Crippen LogP contribution in [0.4, 0.5) is 5.82 Å². The van der Waals surface area contributed by atoms with E-state index in [1.807, 2.05) is 12.1 Å². The van der Waals surface area contributed by atoms with Gasteiger partial charge >= 0.3 is 0 Å². The highest BCUT2D eigenvalue weighted by Crippen LogP contribution is 2.40. The van der Waals surface area contributed by atoms with Crippen molar-refractivity contribution in [3.63, 3.8) is 0 Å². The Morgan fingerprint density at radius 1 is 1.19 bits per heavy atom. The van der Waals surface area contributed by atoms with E-state index >= 15 is 0 Å². The lowest BCUT2D eigenvalue weighted by atomic mass is 9.79. The van der Waals surface area contributed by atoms with Crippen LogP contribution in [-0.2, 0) is 5.75 Å². The zero-order valence-electron chi connectivity index (χ0n) is 14.2. The summed E-state index contributed by atoms with van der Waals surface area (Å²) in [5, 5.41) is 29.7. The van der Waals surface area contributed by atoms with Gasteiger partial charge in [0.15, 0.2) is 0 Å². The van der Waals surface area contributed by atoms with Crippen molar-refractivity contribution in [3.8, 4) is 12.1 Å². The quantitative estimate of drug-likeness (QED) is 0.799. The SMILES string of the molecule is N#Cc1c(N)nc(SCc2cccnc2)c(C#N)c1C1CCC(O)CC1. The highest BCUT2D eigenvalue weighted by atomic mass is 32.2. The Kier molecular flexibility index (Phi) is 5.72. The van der Waals surface area contributed by atoms with Gasteiger partial charge in [0.2, 0.25) is 0 Å². The normalized spacial score (nSPS) is 19.5. The van der Waals surface area contributed by atoms with Crippen LogP contribution in [0, 0.1) is 22.7 Å². The number of pyridine rings is 2. The average molecular weight is 365 g/mol. The molecule has 3 N–H and O–H groups in total. The van der Waals surface area contributed by atoms with E-state index in [4.69, 9.17) is 5.73 Å². The molecule has 0 atom stereocenters. The molecule has 7 heteroatoms. The summed E-state index contributed by atoms with van der Waals surface area (Å²) in [6, 6.07) is 8.19. The highest BCUT2D eigenvalue weighted by Gasteiger charge is 2.29. The van der Waals surface area contributed by atoms with Crippen LogP contribution in [0.15, 0.2) is 29.6 Å². The van der Waals surface area contributed by atoms with Gasteiger partial charge in [-0.1, -0.05) is 6.07 Å². The van der Waals surface area contributed by atoms with Crippen molar-refractivity contribution in [1.29, 1.82) is 10.5 Å². The first-order chi connectivity index (χ1) is 12.6. The van der Waals surface area contributed by atoms with E-state index < -0.39 is 0 Å². The minimum Gasteiger partial charge on any atom is -0.393 e. The summed E-state index contributed by atoms with van der Waals surface area (Å²) in [6.45, 7) is 0. The number of nitrogens with zero attached hydrogens (tertiary/aromatic N) is 4. The molecule has 2 aromatic rings. The molecule has 0 aliphatic heterocycles. The third kappa shape index (κ3) is 3.80. The summed E-state index contributed by atoms with van der Waals surface area (Å²) in [5.74, 6) is 0.830. The van der Waals surface area contributed by atoms with Crippen LogP contribution in [0.1, 0.15) is 53.9 Å². The number of nitrogens with two attached hydrogens (primary N) is 1. The summed E-state index contributed by atoms with van der Waals surface area (Å²) in [7, 11) is 0. The molecule has 1 aliphatic rings. The summed E-state index contributed by atoms with van der Waals surface area (Å²) < 4.78 is 0. The number of nitriles is 2. The summed E-state index contributed by atoms with van der Waals surface area (Å²) in [6.07, 6.45) is 5.99. The molecule has 0 bridgehead atoms. The number of aromatic nitrogens is 2. The van der Waals surface area contributed by atoms with E-state index in [-0.39, 0.29) is 17.8 Å². The number of rotatable bonds is 4. The topological polar surface area (TPSA) is 120 Å². The van der Waals surface area contributed by atoms with E-state index in [1.165, 1.54) is 11.8 Å². The van der Waals surface area contributed by atoms with Gasteiger partial charge in [-0.25, -0.2) is 4.98 Å². The molecule has 0 aromatic carbocycles. The van der Waals surface area contributed by atoms with E-state index in [1.54, 1.807) is 12.4 Å². The number of aliphatic hydroxyl groups is 1. The Labute approximate surface area is 156 Å². The number of nitrogen functional groups attached to an aromatic ring is 1. The number of hydrogen-bond acceptors (Lipinski definition) is 7. The molecule has 0 spiro atoms. The molecule has 3 rings (SSSR count). The first-order valence-corrected chi connectivity index (χ1v) is 9.46. The Bertz CT molecular complexity index is 864. The molecule has 1 saturated carbocycles. The van der Waals surface area contributed by atoms with Crippen LogP contribution >= 0.6 is 11.8 Å². The number of anilines is 1. The van der Waals surface area contributed by atoms with Crippen LogP contribution in [0.25, 0.3) is 0 Å². The molecule has 0 unspecified atom stereocenters. The van der Waals surface area contributed by atoms with Crippen molar-refractivity contribution in [2.45, 2.75) is 48.5 Å². The van der Waals surface area contributed by atoms with E-state index in [9.17, 15) is 15.6 Å². The Morgan fingerprint density at radius 2 is 1.92 bits per heavy atom. The maximum Gasteiger partial charge on any atom is 0.143 e. The van der Waals surface area contributed by atoms with Crippen molar-refractivity contribution < 1.29 is 5.11 Å². The van der Waals surface area contributed by atoms with Gasteiger partial charge in [0.05, 0.1) is 17.2 Å². The Hall–Kier alpha value is -2.61. The van der Waals surface area contributed by atoms with Crippen molar-refractivity contribution in [2.24, 2.45) is 0 Å². The molecule has 26 heavy (non-hydrogen) atoms. The van der Waals surface area contributed by atoms with Gasteiger partial charge in [-0.2, -0.15) is 10.5 Å². The van der Waals surface area contributed by atoms with Gasteiger partial charge in [0, 0.05) is 18.1 Å². The molecule has 1 fully saturated rings. The fraction of sp³-hybridized carbons (Fsp3) is 0.368. The highest BCUT2D eigenvalue weighted by molar-refractivity contribution is 7.98. The summed E-state index contributed by atoms with van der Waals surface area (Å²) in [5.41, 5.74) is 8.50. The monoisotopic (exact) mass is 365 g/mol. The average Bonchev–Trinajstić information content (AvgIpc) is 2.67. The second-order valence-electron chi connectivity index (χ2n) is 6.34. The molecular formula is C19H19N5OS. The first kappa shape index (κ1) is 18.2. The molecule has 132 valence electrons. The van der Waals surface area contributed by atoms with E-state index in [0.29, 0.717) is 40.3 Å². The number of hydrogen-bond donors (Lipinski definition) is 2. The third-order valence-electron chi connectivity index (χ3n) is 4.66. The van der Waals surface area contributed by atoms with Gasteiger partial charge in [-0.05, 0) is 48.8 Å². The van der Waals surface area contributed by atoms with Crippen LogP contribution in [0.3, 0.4) is 0 Å². The lowest BCUT2D eigenvalue weighted by molar-refractivity contribution is 0.122. The molecule has 2 heterocycles. The summed E-state index contributed by atoms with van der Waals surface area (Å²) in [4.78, 5) is 8.42. The van der Waals surface area contributed by atoms with E-state index in [0.717, 1.165) is 18.4 Å². The largest absolute Gasteiger partial charge is 0.393 e. The molecular weight excluding hydrogens is 346 g/mol. The summed E-state index contributed by atoms with van der Waals surface area (Å²) >= 11 is 1.42. The van der Waals surface area contributed by atoms with Crippen LogP contribution in [0.5, 0.6) is 0 Å². The van der Waals surface area contributed by atoms with Crippen LogP contribution in [0.2, 0.25) is 0 Å². The predicted octanol–water partition coefficient (Wildman–Crippen LogP) is 3.11. The van der Waals surface area contributed by atoms with E-state index in [2.05, 4.69) is 22.1 Å². The lowest BCUT2D eigenvalue weighted by Gasteiger charge is -2.27. The van der Waals surface area contributed by atoms with Crippen molar-refractivity contribution >= 4 is 17.6 Å². The fourth-order valence-electron chi connectivity index (χ4n) is 3.34. The maximum absolute atomic E-state index is 9.77. The van der Waals surface area contributed by atoms with Crippen LogP contribution in [-0.4, -0.2) is 21.2 Å². The standard InChI is InChI=1S/C19H19N5OS/c20-8-15-17(13-3-5-14(25)6-4-13)16(9-21)19(24-18(15)22)26-11-12-2-1-7-23-10-12/h1-2,7,10,13-14,25H,3-6,11H2,(H2,22,24). The van der Waals surface area contributed by atoms with Gasteiger partial charge in [0.25, 0.3) is 0 Å². The van der Waals surface area contributed by atoms with Gasteiger partial charge in [-0.3, -0.25) is 4.98 Å². The minimum absolute atomic E-state index is 0.0470. The molecule has 2 aromatic heterocycles. The van der Waals surface area contributed by atoms with Crippen LogP contribution < -0.4 is 5.73 Å². The zero-order chi connectivity index (χ0) is 18.5. The van der Waals surface area contributed by atoms with Gasteiger partial charge in [-0.15, -0.1) is 11.8 Å². The Morgan fingerprint density at radius 3 is 2.54 bits per heavy atom. The predicted molar refractivity (Wildman–Crippen MR) is 99.1 cm³/mol. The van der Waals surface area contributed by atoms with Crippen molar-refractivity contribution in [2.75, 3.05) is 5.73 Å². The molecule has 0 amide bonds. The molecule has 1 aliphatic carbocycles. The van der Waals surface area contributed by atoms with Gasteiger partial charge in [0.1, 0.15) is 23.0 Å². The smallest absolute Gasteiger partial charge is 0.143 e. The van der Waals surface area contributed by atoms with Crippen molar-refractivity contribution in [3.05, 3.63) is 46.8 Å². The minimum atomic E-state index is -0.305. The zero-order valence-corrected chi connectivity index (χ0v) is 15.0. The molecule has 0 saturated heterocycles. The van der Waals surface area contributed by atoms with Gasteiger partial charge < -0.3 is 10.8 Å². The third-order valence-corrected chi connectivity index (χ3v) is 5.70. The second kappa shape index (κ2) is 8.18. The Balaban J connectivity index is 1.98. The maximum atomic E-state index is 9.77. The molecule has 6 nitrogen and oxygen atoms in total. The number of thioether (sulfide) groups is 1. The fourth-order valence-corrected chi connectivity index (χ4v) is 4.27. The van der Waals surface area contributed by atoms with Crippen molar-refractivity contribution in [1.82, 2.24) is 9.97 Å². The second-order valence-corrected chi connectivity index (χ2v) is 7.31. The lowest BCUT2D eigenvalue weighted by Crippen LogP contribution is -2.19.